The van der Waals surface area contributed by atoms with Gasteiger partial charge in [-0.2, -0.15) is 4.98 Å². The molecule has 0 fully saturated rings. The Hall–Kier alpha value is -3.55. The highest BCUT2D eigenvalue weighted by molar-refractivity contribution is 6.01. The van der Waals surface area contributed by atoms with E-state index >= 15 is 0 Å². The second-order valence-electron chi connectivity index (χ2n) is 6.61. The monoisotopic (exact) mass is 380 g/mol. The van der Waals surface area contributed by atoms with E-state index < -0.39 is 11.7 Å². The lowest BCUT2D eigenvalue weighted by Crippen LogP contribution is -2.36. The van der Waals surface area contributed by atoms with Crippen LogP contribution in [0.25, 0.3) is 11.5 Å². The normalized spacial score (nSPS) is 15.6. The van der Waals surface area contributed by atoms with Crippen molar-refractivity contribution in [1.29, 1.82) is 0 Å². The number of rotatable bonds is 4. The lowest BCUT2D eigenvalue weighted by atomic mass is 9.89. The molecule has 1 aliphatic rings. The number of carbonyl (C=O) groups excluding carboxylic acids is 2. The highest BCUT2D eigenvalue weighted by Gasteiger charge is 2.33. The molecule has 1 atom stereocenters. The topological polar surface area (TPSA) is 88.3 Å². The van der Waals surface area contributed by atoms with Crippen LogP contribution in [0.5, 0.6) is 0 Å². The Labute approximate surface area is 160 Å². The average Bonchev–Trinajstić information content (AvgIpc) is 3.16. The summed E-state index contributed by atoms with van der Waals surface area (Å²) in [7, 11) is 1.59. The van der Waals surface area contributed by atoms with Gasteiger partial charge in [-0.25, -0.2) is 4.39 Å². The van der Waals surface area contributed by atoms with Gasteiger partial charge in [0, 0.05) is 24.7 Å². The van der Waals surface area contributed by atoms with Crippen molar-refractivity contribution in [3.63, 3.8) is 0 Å². The molecule has 2 amide bonds. The average molecular weight is 380 g/mol. The predicted molar refractivity (Wildman–Crippen MR) is 98.6 cm³/mol. The Morgan fingerprint density at radius 3 is 2.86 bits per heavy atom. The van der Waals surface area contributed by atoms with E-state index in [-0.39, 0.29) is 24.8 Å². The fraction of sp³-hybridized carbons (Fsp3) is 0.200. The van der Waals surface area contributed by atoms with Gasteiger partial charge in [0.25, 0.3) is 5.89 Å². The fourth-order valence-corrected chi connectivity index (χ4v) is 3.22. The summed E-state index contributed by atoms with van der Waals surface area (Å²) in [6, 6.07) is 13.3. The molecular weight excluding hydrogens is 363 g/mol. The van der Waals surface area contributed by atoms with Gasteiger partial charge in [-0.05, 0) is 35.9 Å². The van der Waals surface area contributed by atoms with Crippen molar-refractivity contribution in [2.45, 2.75) is 18.9 Å². The quantitative estimate of drug-likeness (QED) is 0.752. The van der Waals surface area contributed by atoms with Crippen molar-refractivity contribution in [2.75, 3.05) is 12.4 Å². The van der Waals surface area contributed by atoms with Crippen molar-refractivity contribution in [1.82, 2.24) is 15.0 Å². The zero-order valence-corrected chi connectivity index (χ0v) is 15.1. The summed E-state index contributed by atoms with van der Waals surface area (Å²) >= 11 is 0. The molecule has 0 radical (unpaired) electrons. The molecule has 3 aromatic rings. The smallest absolute Gasteiger partial charge is 0.257 e. The molecule has 1 N–H and O–H groups in total. The summed E-state index contributed by atoms with van der Waals surface area (Å²) in [4.78, 5) is 30.6. The predicted octanol–water partition coefficient (Wildman–Crippen LogP) is 2.96. The highest BCUT2D eigenvalue weighted by atomic mass is 19.1. The molecule has 2 aromatic carbocycles. The molecule has 2 heterocycles. The van der Waals surface area contributed by atoms with E-state index in [1.54, 1.807) is 7.05 Å². The van der Waals surface area contributed by atoms with E-state index in [1.807, 2.05) is 30.3 Å². The van der Waals surface area contributed by atoms with Crippen LogP contribution in [-0.2, 0) is 16.1 Å². The fourth-order valence-electron chi connectivity index (χ4n) is 3.22. The number of amides is 2. The highest BCUT2D eigenvalue weighted by Crippen LogP contribution is 2.34. The number of benzene rings is 2. The van der Waals surface area contributed by atoms with Crippen LogP contribution in [0, 0.1) is 5.82 Å². The summed E-state index contributed by atoms with van der Waals surface area (Å²) in [6.07, 6.45) is -0.0405. The van der Waals surface area contributed by atoms with Gasteiger partial charge in [0.05, 0.1) is 12.5 Å². The summed E-state index contributed by atoms with van der Waals surface area (Å²) in [6.45, 7) is 0.109. The Morgan fingerprint density at radius 2 is 2.07 bits per heavy atom. The van der Waals surface area contributed by atoms with E-state index in [0.29, 0.717) is 23.0 Å². The number of anilines is 1. The van der Waals surface area contributed by atoms with Crippen LogP contribution < -0.4 is 5.32 Å². The molecule has 1 aliphatic heterocycles. The van der Waals surface area contributed by atoms with E-state index in [1.165, 1.54) is 23.1 Å². The summed E-state index contributed by atoms with van der Waals surface area (Å²) in [5.41, 5.74) is 1.70. The first-order chi connectivity index (χ1) is 13.5. The molecule has 7 nitrogen and oxygen atoms in total. The molecule has 142 valence electrons. The number of aromatic nitrogens is 2. The third kappa shape index (κ3) is 3.48. The van der Waals surface area contributed by atoms with E-state index in [9.17, 15) is 14.0 Å². The van der Waals surface area contributed by atoms with E-state index in [4.69, 9.17) is 4.52 Å². The van der Waals surface area contributed by atoms with Gasteiger partial charge in [0.1, 0.15) is 5.82 Å². The number of likely N-dealkylation sites (N-methyl/N-ethyl adjacent to an activating group) is 1. The molecular formula is C20H17FN4O3. The number of halogens is 1. The second kappa shape index (κ2) is 7.22. The summed E-state index contributed by atoms with van der Waals surface area (Å²) in [5, 5.41) is 6.58. The molecule has 0 spiro atoms. The van der Waals surface area contributed by atoms with Crippen LogP contribution >= 0.6 is 0 Å². The zero-order valence-electron chi connectivity index (χ0n) is 15.1. The second-order valence-corrected chi connectivity index (χ2v) is 6.61. The van der Waals surface area contributed by atoms with E-state index in [0.717, 1.165) is 5.56 Å². The standard InChI is InChI=1S/C20H17FN4O3/c1-25(11-17-23-19(28-24-17)12-5-3-2-4-6-12)20(27)15-10-18(26)22-16-8-7-13(21)9-14(15)16/h2-9,15H,10-11H2,1H3,(H,22,26)/t15-/m1/s1. The number of hydrogen-bond donors (Lipinski definition) is 1. The number of nitrogens with one attached hydrogen (secondary N) is 1. The molecule has 4 rings (SSSR count). The first-order valence-electron chi connectivity index (χ1n) is 8.73. The first-order valence-corrected chi connectivity index (χ1v) is 8.73. The molecule has 28 heavy (non-hydrogen) atoms. The van der Waals surface area contributed by atoms with Gasteiger partial charge in [0.15, 0.2) is 5.82 Å². The van der Waals surface area contributed by atoms with Crippen molar-refractivity contribution < 1.29 is 18.5 Å². The van der Waals surface area contributed by atoms with Crippen LogP contribution in [-0.4, -0.2) is 33.9 Å². The molecule has 0 bridgehead atoms. The Kier molecular flexibility index (Phi) is 4.60. The summed E-state index contributed by atoms with van der Waals surface area (Å²) in [5.74, 6) is -1.11. The van der Waals surface area contributed by atoms with Crippen LogP contribution in [0.15, 0.2) is 53.1 Å². The maximum Gasteiger partial charge on any atom is 0.257 e. The molecule has 0 saturated carbocycles. The minimum atomic E-state index is -0.759. The Morgan fingerprint density at radius 1 is 1.29 bits per heavy atom. The third-order valence-corrected chi connectivity index (χ3v) is 4.59. The molecule has 8 heteroatoms. The van der Waals surface area contributed by atoms with Crippen LogP contribution in [0.1, 0.15) is 23.7 Å². The molecule has 0 unspecified atom stereocenters. The number of fused-ring (bicyclic) bond motifs is 1. The largest absolute Gasteiger partial charge is 0.338 e. The summed E-state index contributed by atoms with van der Waals surface area (Å²) < 4.78 is 18.9. The van der Waals surface area contributed by atoms with Gasteiger partial charge in [0.2, 0.25) is 11.8 Å². The lowest BCUT2D eigenvalue weighted by molar-refractivity contribution is -0.134. The van der Waals surface area contributed by atoms with Crippen molar-refractivity contribution in [2.24, 2.45) is 0 Å². The van der Waals surface area contributed by atoms with Gasteiger partial charge in [-0.15, -0.1) is 0 Å². The third-order valence-electron chi connectivity index (χ3n) is 4.59. The van der Waals surface area contributed by atoms with Crippen molar-refractivity contribution >= 4 is 17.5 Å². The van der Waals surface area contributed by atoms with Crippen LogP contribution in [0.2, 0.25) is 0 Å². The van der Waals surface area contributed by atoms with Crippen LogP contribution in [0.4, 0.5) is 10.1 Å². The minimum Gasteiger partial charge on any atom is -0.338 e. The van der Waals surface area contributed by atoms with Crippen molar-refractivity contribution in [3.05, 3.63) is 65.7 Å². The minimum absolute atomic E-state index is 0.0405. The van der Waals surface area contributed by atoms with Crippen LogP contribution in [0.3, 0.4) is 0 Å². The molecule has 0 saturated heterocycles. The van der Waals surface area contributed by atoms with Gasteiger partial charge >= 0.3 is 0 Å². The SMILES string of the molecule is CN(Cc1noc(-c2ccccc2)n1)C(=O)[C@@H]1CC(=O)Nc2ccc(F)cc21. The van der Waals surface area contributed by atoms with Gasteiger partial charge < -0.3 is 14.7 Å². The number of nitrogens with zero attached hydrogens (tertiary/aromatic N) is 3. The first kappa shape index (κ1) is 17.8. The Bertz CT molecular complexity index is 1030. The maximum absolute atomic E-state index is 13.7. The maximum atomic E-state index is 13.7. The molecule has 0 aliphatic carbocycles. The van der Waals surface area contributed by atoms with Gasteiger partial charge in [-0.3, -0.25) is 9.59 Å². The molecule has 1 aromatic heterocycles. The van der Waals surface area contributed by atoms with E-state index in [2.05, 4.69) is 15.5 Å². The zero-order chi connectivity index (χ0) is 19.7. The number of hydrogen-bond acceptors (Lipinski definition) is 5. The lowest BCUT2D eigenvalue weighted by Gasteiger charge is -2.28. The number of carbonyl (C=O) groups is 2. The van der Waals surface area contributed by atoms with Gasteiger partial charge in [-0.1, -0.05) is 23.4 Å². The van der Waals surface area contributed by atoms with Crippen molar-refractivity contribution in [3.8, 4) is 11.5 Å². The Balaban J connectivity index is 1.52.